The molecule has 0 bridgehead atoms. The van der Waals surface area contributed by atoms with Gasteiger partial charge >= 0.3 is 19.8 Å². The van der Waals surface area contributed by atoms with Crippen LogP contribution in [0.2, 0.25) is 0 Å². The molecule has 3 unspecified atom stereocenters. The van der Waals surface area contributed by atoms with Crippen LogP contribution < -0.4 is 5.73 Å². The van der Waals surface area contributed by atoms with Crippen LogP contribution in [0.4, 0.5) is 0 Å². The van der Waals surface area contributed by atoms with Gasteiger partial charge in [0.1, 0.15) is 12.1 Å². The third-order valence-electron chi connectivity index (χ3n) is 10.1. The van der Waals surface area contributed by atoms with E-state index in [2.05, 4.69) is 13.8 Å². The second-order valence-electron chi connectivity index (χ2n) is 15.5. The van der Waals surface area contributed by atoms with E-state index in [-0.39, 0.29) is 13.0 Å². The Balaban J connectivity index is 4.05. The summed E-state index contributed by atoms with van der Waals surface area (Å²) in [5.41, 5.74) is 5.35. The number of nitrogens with two attached hydrogens (primary N) is 1. The number of carbonyl (C=O) groups is 2. The van der Waals surface area contributed by atoms with Crippen molar-refractivity contribution in [1.82, 2.24) is 0 Å². The molecule has 0 saturated heterocycles. The number of hydrogen-bond donors (Lipinski definition) is 3. The summed E-state index contributed by atoms with van der Waals surface area (Å²) >= 11 is 0. The Kier molecular flexibility index (Phi) is 39.4. The summed E-state index contributed by atoms with van der Waals surface area (Å²) in [5, 5.41) is 8.88. The second kappa shape index (κ2) is 40.2. The average Bonchev–Trinajstić information content (AvgIpc) is 3.15. The molecule has 0 fully saturated rings. The van der Waals surface area contributed by atoms with E-state index in [1.165, 1.54) is 167 Å². The zero-order valence-electron chi connectivity index (χ0n) is 35.1. The van der Waals surface area contributed by atoms with Gasteiger partial charge in [0, 0.05) is 13.0 Å². The Labute approximate surface area is 331 Å². The van der Waals surface area contributed by atoms with Crippen LogP contribution in [0.1, 0.15) is 226 Å². The number of carboxylic acids is 1. The number of hydrogen-bond acceptors (Lipinski definition) is 8. The van der Waals surface area contributed by atoms with Crippen LogP contribution >= 0.6 is 7.82 Å². The number of phosphoric ester groups is 1. The van der Waals surface area contributed by atoms with E-state index < -0.39 is 45.1 Å². The molecule has 0 amide bonds. The van der Waals surface area contributed by atoms with Gasteiger partial charge < -0.3 is 25.2 Å². The zero-order chi connectivity index (χ0) is 39.8. The topological polar surface area (TPSA) is 155 Å². The number of unbranched alkanes of at least 4 members (excludes halogenated alkanes) is 30. The predicted molar refractivity (Wildman–Crippen MR) is 222 cm³/mol. The van der Waals surface area contributed by atoms with Crippen molar-refractivity contribution in [3.63, 3.8) is 0 Å². The number of carbonyl (C=O) groups excluding carboxylic acids is 1. The molecule has 10 nitrogen and oxygen atoms in total. The lowest BCUT2D eigenvalue weighted by molar-refractivity contribution is -0.154. The molecule has 0 aliphatic rings. The van der Waals surface area contributed by atoms with Crippen LogP contribution in [-0.2, 0) is 32.7 Å². The molecule has 0 aliphatic carbocycles. The van der Waals surface area contributed by atoms with Gasteiger partial charge in [-0.3, -0.25) is 18.6 Å². The number of carboxylic acid groups (broad SMARTS) is 1. The van der Waals surface area contributed by atoms with E-state index in [4.69, 9.17) is 29.4 Å². The van der Waals surface area contributed by atoms with Crippen molar-refractivity contribution in [3.05, 3.63) is 0 Å². The minimum absolute atomic E-state index is 0.0250. The second-order valence-corrected chi connectivity index (χ2v) is 17.0. The van der Waals surface area contributed by atoms with Crippen LogP contribution in [0, 0.1) is 0 Å². The van der Waals surface area contributed by atoms with Gasteiger partial charge in [-0.05, 0) is 12.8 Å². The molecule has 54 heavy (non-hydrogen) atoms. The van der Waals surface area contributed by atoms with Crippen molar-refractivity contribution in [2.24, 2.45) is 5.73 Å². The maximum atomic E-state index is 12.6. The highest BCUT2D eigenvalue weighted by atomic mass is 31.2. The van der Waals surface area contributed by atoms with Gasteiger partial charge in [0.05, 0.1) is 19.8 Å². The van der Waals surface area contributed by atoms with Crippen LogP contribution in [0.25, 0.3) is 0 Å². The fourth-order valence-electron chi connectivity index (χ4n) is 6.61. The molecule has 0 spiro atoms. The third kappa shape index (κ3) is 39.2. The van der Waals surface area contributed by atoms with Gasteiger partial charge in [-0.15, -0.1) is 0 Å². The van der Waals surface area contributed by atoms with Gasteiger partial charge in [-0.2, -0.15) is 0 Å². The molecule has 0 heterocycles. The summed E-state index contributed by atoms with van der Waals surface area (Å²) in [6.07, 6.45) is 40.2. The molecule has 4 N–H and O–H groups in total. The average molecular weight is 792 g/mol. The lowest BCUT2D eigenvalue weighted by Gasteiger charge is -2.20. The van der Waals surface area contributed by atoms with E-state index in [9.17, 15) is 19.0 Å². The number of rotatable bonds is 44. The smallest absolute Gasteiger partial charge is 0.472 e. The summed E-state index contributed by atoms with van der Waals surface area (Å²) in [7, 11) is -4.60. The van der Waals surface area contributed by atoms with Crippen LogP contribution in [-0.4, -0.2) is 60.5 Å². The molecule has 11 heteroatoms. The van der Waals surface area contributed by atoms with Crippen molar-refractivity contribution in [2.75, 3.05) is 26.4 Å². The molecular weight excluding hydrogens is 705 g/mol. The van der Waals surface area contributed by atoms with Crippen LogP contribution in [0.15, 0.2) is 0 Å². The van der Waals surface area contributed by atoms with Gasteiger partial charge in [-0.1, -0.05) is 206 Å². The zero-order valence-corrected chi connectivity index (χ0v) is 36.0. The first kappa shape index (κ1) is 53.0. The molecule has 0 aromatic heterocycles. The largest absolute Gasteiger partial charge is 0.480 e. The van der Waals surface area contributed by atoms with E-state index in [0.717, 1.165) is 38.5 Å². The van der Waals surface area contributed by atoms with Crippen molar-refractivity contribution >= 4 is 19.8 Å². The molecule has 0 aromatic carbocycles. The number of esters is 1. The van der Waals surface area contributed by atoms with Crippen molar-refractivity contribution in [3.8, 4) is 0 Å². The maximum Gasteiger partial charge on any atom is 0.472 e. The molecule has 0 rings (SSSR count). The van der Waals surface area contributed by atoms with E-state index in [1.807, 2.05) is 0 Å². The highest BCUT2D eigenvalue weighted by Crippen LogP contribution is 2.43. The first-order chi connectivity index (χ1) is 26.2. The van der Waals surface area contributed by atoms with Gasteiger partial charge in [0.2, 0.25) is 0 Å². The summed E-state index contributed by atoms with van der Waals surface area (Å²) in [6, 6.07) is -1.47. The Hall–Kier alpha value is -1.03. The minimum atomic E-state index is -4.60. The SMILES string of the molecule is CCCCCCCCCCCCCCCCCCCCCCCCC(=O)OC(COCCCCCCCCCCCC)COP(=O)(O)OCC(N)C(=O)O. The standard InChI is InChI=1S/C43H86NO9P/c1-3-5-7-9-11-13-15-16-17-18-19-20-21-22-23-24-25-26-27-29-31-33-35-42(45)53-40(38-51-54(48,49)52-39-41(44)43(46)47)37-50-36-34-32-30-28-14-12-10-8-6-4-2/h40-41H,3-39,44H2,1-2H3,(H,46,47)(H,48,49). The maximum absolute atomic E-state index is 12.6. The summed E-state index contributed by atoms with van der Waals surface area (Å²) in [5.74, 6) is -1.77. The predicted octanol–water partition coefficient (Wildman–Crippen LogP) is 12.4. The number of ether oxygens (including phenoxy) is 2. The van der Waals surface area contributed by atoms with Crippen molar-refractivity contribution < 1.29 is 42.7 Å². The van der Waals surface area contributed by atoms with Gasteiger partial charge in [0.25, 0.3) is 0 Å². The van der Waals surface area contributed by atoms with E-state index in [0.29, 0.717) is 6.61 Å². The Morgan fingerprint density at radius 1 is 0.519 bits per heavy atom. The highest BCUT2D eigenvalue weighted by Gasteiger charge is 2.27. The fraction of sp³-hybridized carbons (Fsp3) is 0.953. The summed E-state index contributed by atoms with van der Waals surface area (Å²) < 4.78 is 33.3. The van der Waals surface area contributed by atoms with Crippen molar-refractivity contribution in [2.45, 2.75) is 238 Å². The molecule has 3 atom stereocenters. The first-order valence-corrected chi connectivity index (χ1v) is 24.1. The first-order valence-electron chi connectivity index (χ1n) is 22.6. The summed E-state index contributed by atoms with van der Waals surface area (Å²) in [6.45, 7) is 3.91. The number of aliphatic carboxylic acids is 1. The normalized spacial score (nSPS) is 13.9. The molecule has 322 valence electrons. The third-order valence-corrected chi connectivity index (χ3v) is 11.1. The van der Waals surface area contributed by atoms with Crippen molar-refractivity contribution in [1.29, 1.82) is 0 Å². The quantitative estimate of drug-likeness (QED) is 0.0308. The summed E-state index contributed by atoms with van der Waals surface area (Å²) in [4.78, 5) is 33.5. The minimum Gasteiger partial charge on any atom is -0.480 e. The lowest BCUT2D eigenvalue weighted by atomic mass is 10.0. The van der Waals surface area contributed by atoms with E-state index in [1.54, 1.807) is 0 Å². The van der Waals surface area contributed by atoms with Crippen LogP contribution in [0.3, 0.4) is 0 Å². The van der Waals surface area contributed by atoms with Gasteiger partial charge in [-0.25, -0.2) is 4.57 Å². The fourth-order valence-corrected chi connectivity index (χ4v) is 7.38. The molecule has 0 saturated carbocycles. The Bertz CT molecular complexity index is 878. The van der Waals surface area contributed by atoms with Crippen LogP contribution in [0.5, 0.6) is 0 Å². The Morgan fingerprint density at radius 2 is 0.852 bits per heavy atom. The molecule has 0 radical (unpaired) electrons. The van der Waals surface area contributed by atoms with Gasteiger partial charge in [0.15, 0.2) is 0 Å². The number of phosphoric acid groups is 1. The highest BCUT2D eigenvalue weighted by molar-refractivity contribution is 7.47. The lowest BCUT2D eigenvalue weighted by Crippen LogP contribution is -2.34. The molecule has 0 aromatic rings. The molecular formula is C43H86NO9P. The Morgan fingerprint density at radius 3 is 1.22 bits per heavy atom. The van der Waals surface area contributed by atoms with E-state index >= 15 is 0 Å². The monoisotopic (exact) mass is 792 g/mol. The molecule has 0 aliphatic heterocycles.